The molecule has 1 atom stereocenters. The number of ether oxygens (including phenoxy) is 1. The lowest BCUT2D eigenvalue weighted by Gasteiger charge is -2.35. The molecule has 0 aromatic heterocycles. The van der Waals surface area contributed by atoms with Crippen LogP contribution in [0.3, 0.4) is 0 Å². The zero-order chi connectivity index (χ0) is 21.1. The average Bonchev–Trinajstić information content (AvgIpc) is 3.20. The Bertz CT molecular complexity index is 797. The summed E-state index contributed by atoms with van der Waals surface area (Å²) in [4.78, 5) is 52.5. The lowest BCUT2D eigenvalue weighted by atomic mass is 9.95. The van der Waals surface area contributed by atoms with E-state index in [4.69, 9.17) is 4.74 Å². The number of rotatable bonds is 3. The van der Waals surface area contributed by atoms with Gasteiger partial charge in [-0.3, -0.25) is 9.59 Å². The highest BCUT2D eigenvalue weighted by atomic mass is 32.2. The summed E-state index contributed by atoms with van der Waals surface area (Å²) in [5.41, 5.74) is 0. The van der Waals surface area contributed by atoms with Crippen molar-refractivity contribution >= 4 is 47.0 Å². The minimum Gasteiger partial charge on any atom is -0.450 e. The van der Waals surface area contributed by atoms with Gasteiger partial charge in [0.2, 0.25) is 5.91 Å². The van der Waals surface area contributed by atoms with Gasteiger partial charge in [0.1, 0.15) is 6.34 Å². The quantitative estimate of drug-likeness (QED) is 0.705. The lowest BCUT2D eigenvalue weighted by Crippen LogP contribution is -2.49. The Kier molecular flexibility index (Phi) is 6.35. The Morgan fingerprint density at radius 3 is 2.60 bits per heavy atom. The first kappa shape index (κ1) is 20.8. The van der Waals surface area contributed by atoms with Gasteiger partial charge in [0, 0.05) is 38.1 Å². The van der Waals surface area contributed by atoms with E-state index in [1.165, 1.54) is 18.1 Å². The molecular formula is C19H26N6O4S. The van der Waals surface area contributed by atoms with Crippen molar-refractivity contribution in [3.8, 4) is 0 Å². The number of hydrogen-bond acceptors (Lipinski definition) is 8. The molecule has 3 amide bonds. The molecular weight excluding hydrogens is 408 g/mol. The third kappa shape index (κ3) is 4.50. The Morgan fingerprint density at radius 1 is 1.20 bits per heavy atom. The fourth-order valence-electron chi connectivity index (χ4n) is 4.03. The molecule has 10 nitrogen and oxygen atoms in total. The molecule has 1 unspecified atom stereocenters. The van der Waals surface area contributed by atoms with E-state index in [-0.39, 0.29) is 29.9 Å². The van der Waals surface area contributed by atoms with E-state index in [1.54, 1.807) is 11.8 Å². The zero-order valence-corrected chi connectivity index (χ0v) is 17.8. The molecule has 0 radical (unpaired) electrons. The maximum Gasteiger partial charge on any atom is 0.409 e. The van der Waals surface area contributed by atoms with Gasteiger partial charge in [0.15, 0.2) is 16.3 Å². The van der Waals surface area contributed by atoms with E-state index in [0.717, 1.165) is 43.9 Å². The van der Waals surface area contributed by atoms with Crippen molar-refractivity contribution in [3.63, 3.8) is 0 Å². The van der Waals surface area contributed by atoms with Gasteiger partial charge < -0.3 is 19.9 Å². The van der Waals surface area contributed by atoms with Crippen LogP contribution in [0.15, 0.2) is 15.0 Å². The monoisotopic (exact) mass is 434 g/mol. The van der Waals surface area contributed by atoms with Crippen molar-refractivity contribution < 1.29 is 19.1 Å². The molecule has 0 spiro atoms. The number of amidine groups is 2. The van der Waals surface area contributed by atoms with Gasteiger partial charge in [0.05, 0.1) is 6.61 Å². The van der Waals surface area contributed by atoms with Crippen LogP contribution in [0.4, 0.5) is 4.79 Å². The first-order valence-corrected chi connectivity index (χ1v) is 11.3. The molecule has 30 heavy (non-hydrogen) atoms. The third-order valence-corrected chi connectivity index (χ3v) is 6.98. The fourth-order valence-corrected chi connectivity index (χ4v) is 5.10. The SMILES string of the molecule is CCOC(=O)N1CCC(NC(=O)C2CCN(C3=NC4=NC=NC(=O)C4S3)CC2)CC1. The second kappa shape index (κ2) is 9.15. The van der Waals surface area contributed by atoms with Crippen LogP contribution in [-0.2, 0) is 14.3 Å². The molecule has 0 aromatic rings. The summed E-state index contributed by atoms with van der Waals surface area (Å²) in [7, 11) is 0. The van der Waals surface area contributed by atoms with Gasteiger partial charge in [-0.25, -0.2) is 19.8 Å². The van der Waals surface area contributed by atoms with Crippen LogP contribution in [0.25, 0.3) is 0 Å². The molecule has 11 heteroatoms. The highest BCUT2D eigenvalue weighted by molar-refractivity contribution is 8.16. The molecule has 4 aliphatic rings. The second-order valence-electron chi connectivity index (χ2n) is 7.69. The summed E-state index contributed by atoms with van der Waals surface area (Å²) in [5, 5.41) is 3.53. The number of aliphatic imine (C=N–C) groups is 3. The molecule has 1 N–H and O–H groups in total. The standard InChI is InChI=1S/C19H26N6O4S/c1-2-29-19(28)25-9-5-13(6-10-25)22-16(26)12-3-7-24(8-4-12)18-23-15-14(30-18)17(27)21-11-20-15/h11-14H,2-10H2,1H3,(H,22,26). The number of carbonyl (C=O) groups is 3. The van der Waals surface area contributed by atoms with Gasteiger partial charge in [-0.15, -0.1) is 0 Å². The van der Waals surface area contributed by atoms with Crippen LogP contribution in [-0.4, -0.2) is 89.1 Å². The number of likely N-dealkylation sites (tertiary alicyclic amines) is 2. The normalized spacial score (nSPS) is 25.0. The van der Waals surface area contributed by atoms with Crippen molar-refractivity contribution in [1.82, 2.24) is 15.1 Å². The van der Waals surface area contributed by atoms with E-state index >= 15 is 0 Å². The largest absolute Gasteiger partial charge is 0.450 e. The molecule has 4 aliphatic heterocycles. The van der Waals surface area contributed by atoms with Crippen molar-refractivity contribution in [2.75, 3.05) is 32.8 Å². The van der Waals surface area contributed by atoms with E-state index in [2.05, 4.69) is 25.2 Å². The summed E-state index contributed by atoms with van der Waals surface area (Å²) in [6.45, 7) is 4.82. The van der Waals surface area contributed by atoms with Gasteiger partial charge in [-0.05, 0) is 32.6 Å². The van der Waals surface area contributed by atoms with Gasteiger partial charge in [0.25, 0.3) is 5.91 Å². The number of nitrogens with one attached hydrogen (secondary N) is 1. The summed E-state index contributed by atoms with van der Waals surface area (Å²) < 4.78 is 5.03. The van der Waals surface area contributed by atoms with Gasteiger partial charge in [-0.1, -0.05) is 11.8 Å². The van der Waals surface area contributed by atoms with Crippen LogP contribution in [0, 0.1) is 5.92 Å². The zero-order valence-electron chi connectivity index (χ0n) is 17.0. The predicted molar refractivity (Wildman–Crippen MR) is 114 cm³/mol. The Morgan fingerprint density at radius 2 is 1.93 bits per heavy atom. The summed E-state index contributed by atoms with van der Waals surface area (Å²) >= 11 is 1.39. The minimum absolute atomic E-state index is 0.0269. The van der Waals surface area contributed by atoms with E-state index < -0.39 is 5.25 Å². The topological polar surface area (TPSA) is 116 Å². The van der Waals surface area contributed by atoms with E-state index in [9.17, 15) is 14.4 Å². The maximum absolute atomic E-state index is 12.7. The molecule has 0 aliphatic carbocycles. The molecule has 162 valence electrons. The molecule has 4 heterocycles. The number of piperidine rings is 2. The highest BCUT2D eigenvalue weighted by Gasteiger charge is 2.38. The van der Waals surface area contributed by atoms with Crippen molar-refractivity contribution in [2.45, 2.75) is 43.9 Å². The Hall–Kier alpha value is -2.43. The van der Waals surface area contributed by atoms with Crippen molar-refractivity contribution in [1.29, 1.82) is 0 Å². The molecule has 2 fully saturated rings. The fraction of sp³-hybridized carbons (Fsp3) is 0.684. The summed E-state index contributed by atoms with van der Waals surface area (Å²) in [5.74, 6) is 0.365. The lowest BCUT2D eigenvalue weighted by molar-refractivity contribution is -0.127. The molecule has 0 aromatic carbocycles. The molecule has 0 bridgehead atoms. The number of nitrogens with zero attached hydrogens (tertiary/aromatic N) is 5. The summed E-state index contributed by atoms with van der Waals surface area (Å²) in [6.07, 6.45) is 3.96. The van der Waals surface area contributed by atoms with E-state index in [0.29, 0.717) is 25.5 Å². The van der Waals surface area contributed by atoms with Crippen LogP contribution >= 0.6 is 11.8 Å². The predicted octanol–water partition coefficient (Wildman–Crippen LogP) is 0.874. The minimum atomic E-state index is -0.425. The first-order valence-electron chi connectivity index (χ1n) is 10.4. The highest BCUT2D eigenvalue weighted by Crippen LogP contribution is 2.30. The molecule has 0 saturated carbocycles. The molecule has 4 rings (SSSR count). The number of fused-ring (bicyclic) bond motifs is 1. The maximum atomic E-state index is 12.7. The van der Waals surface area contributed by atoms with Crippen molar-refractivity contribution in [2.24, 2.45) is 20.9 Å². The molecule has 2 saturated heterocycles. The Labute approximate surface area is 179 Å². The van der Waals surface area contributed by atoms with Crippen LogP contribution in [0.1, 0.15) is 32.6 Å². The summed E-state index contributed by atoms with van der Waals surface area (Å²) in [6, 6.07) is 0.100. The second-order valence-corrected chi connectivity index (χ2v) is 8.76. The Balaban J connectivity index is 1.21. The van der Waals surface area contributed by atoms with Crippen molar-refractivity contribution in [3.05, 3.63) is 0 Å². The number of thioether (sulfide) groups is 1. The smallest absolute Gasteiger partial charge is 0.409 e. The van der Waals surface area contributed by atoms with Crippen LogP contribution in [0.2, 0.25) is 0 Å². The average molecular weight is 435 g/mol. The van der Waals surface area contributed by atoms with Gasteiger partial charge in [-0.2, -0.15) is 0 Å². The van der Waals surface area contributed by atoms with E-state index in [1.807, 2.05) is 0 Å². The van der Waals surface area contributed by atoms with Crippen LogP contribution < -0.4 is 5.32 Å². The third-order valence-electron chi connectivity index (χ3n) is 5.77. The number of amides is 3. The van der Waals surface area contributed by atoms with Crippen LogP contribution in [0.5, 0.6) is 0 Å². The van der Waals surface area contributed by atoms with Gasteiger partial charge >= 0.3 is 6.09 Å². The number of carbonyl (C=O) groups excluding carboxylic acids is 3. The first-order chi connectivity index (χ1) is 14.5. The number of hydrogen-bond donors (Lipinski definition) is 1.